The lowest BCUT2D eigenvalue weighted by Crippen LogP contribution is -2.27. The minimum Gasteiger partial charge on any atom is -0.422 e. The van der Waals surface area contributed by atoms with Crippen LogP contribution in [0.2, 0.25) is 0 Å². The predicted molar refractivity (Wildman–Crippen MR) is 49.5 cm³/mol. The highest BCUT2D eigenvalue weighted by Crippen LogP contribution is 2.39. The fraction of sp³-hybridized carbons (Fsp3) is 0.778. The average Bonchev–Trinajstić information content (AvgIpc) is 2.94. The number of hydrogen-bond donors (Lipinski definition) is 2. The predicted octanol–water partition coefficient (Wildman–Crippen LogP) is 0.718. The first-order valence-electron chi connectivity index (χ1n) is 4.99. The van der Waals surface area contributed by atoms with Crippen LogP contribution in [0.5, 0.6) is 0 Å². The molecule has 0 radical (unpaired) electrons. The van der Waals surface area contributed by atoms with Gasteiger partial charge >= 0.3 is 0 Å². The van der Waals surface area contributed by atoms with Gasteiger partial charge in [0.2, 0.25) is 11.8 Å². The van der Waals surface area contributed by atoms with Crippen molar-refractivity contribution in [2.45, 2.75) is 44.2 Å². The highest BCUT2D eigenvalue weighted by Gasteiger charge is 2.31. The number of rotatable bonds is 4. The zero-order chi connectivity index (χ0) is 10.1. The molecule has 5 heteroatoms. The highest BCUT2D eigenvalue weighted by atomic mass is 16.4. The summed E-state index contributed by atoms with van der Waals surface area (Å²) in [6.07, 6.45) is 2.07. The van der Waals surface area contributed by atoms with Crippen molar-refractivity contribution in [1.29, 1.82) is 0 Å². The smallest absolute Gasteiger partial charge is 0.246 e. The van der Waals surface area contributed by atoms with E-state index < -0.39 is 6.10 Å². The molecule has 1 aliphatic carbocycles. The van der Waals surface area contributed by atoms with Gasteiger partial charge in [0.1, 0.15) is 6.10 Å². The van der Waals surface area contributed by atoms with E-state index in [-0.39, 0.29) is 11.9 Å². The Morgan fingerprint density at radius 1 is 1.57 bits per heavy atom. The van der Waals surface area contributed by atoms with Crippen molar-refractivity contribution in [2.75, 3.05) is 0 Å². The third kappa shape index (κ3) is 1.78. The second kappa shape index (κ2) is 3.67. The van der Waals surface area contributed by atoms with Crippen molar-refractivity contribution in [2.24, 2.45) is 5.73 Å². The number of nitrogens with zero attached hydrogens (tertiary/aromatic N) is 2. The minimum absolute atomic E-state index is 0.251. The van der Waals surface area contributed by atoms with E-state index in [4.69, 9.17) is 10.2 Å². The van der Waals surface area contributed by atoms with Crippen LogP contribution < -0.4 is 5.73 Å². The summed E-state index contributed by atoms with van der Waals surface area (Å²) in [6, 6.07) is -0.331. The number of hydrogen-bond acceptors (Lipinski definition) is 5. The second-order valence-electron chi connectivity index (χ2n) is 3.77. The molecule has 2 atom stereocenters. The van der Waals surface area contributed by atoms with Crippen LogP contribution in [0.3, 0.4) is 0 Å². The largest absolute Gasteiger partial charge is 0.422 e. The van der Waals surface area contributed by atoms with Gasteiger partial charge in [0.05, 0.1) is 0 Å². The maximum Gasteiger partial charge on any atom is 0.246 e. The molecule has 1 saturated carbocycles. The minimum atomic E-state index is -0.833. The van der Waals surface area contributed by atoms with E-state index in [1.165, 1.54) is 0 Å². The molecular formula is C9H15N3O2. The van der Waals surface area contributed by atoms with Gasteiger partial charge in [-0.05, 0) is 19.3 Å². The Balaban J connectivity index is 2.07. The van der Waals surface area contributed by atoms with E-state index in [0.29, 0.717) is 18.2 Å². The standard InChI is InChI=1S/C9H15N3O2/c1-2-6(10)7(13)9-12-11-8(14-9)5-3-4-5/h5-7,13H,2-4,10H2,1H3/t6?,7-/m0/s1. The molecule has 5 nitrogen and oxygen atoms in total. The number of aliphatic hydroxyl groups excluding tert-OH is 1. The molecule has 0 aromatic carbocycles. The maximum absolute atomic E-state index is 9.68. The van der Waals surface area contributed by atoms with Crippen LogP contribution >= 0.6 is 0 Å². The molecule has 1 heterocycles. The zero-order valence-corrected chi connectivity index (χ0v) is 8.18. The number of nitrogens with two attached hydrogens (primary N) is 1. The third-order valence-electron chi connectivity index (χ3n) is 2.51. The van der Waals surface area contributed by atoms with Crippen molar-refractivity contribution >= 4 is 0 Å². The number of aliphatic hydroxyl groups is 1. The maximum atomic E-state index is 9.68. The van der Waals surface area contributed by atoms with E-state index in [2.05, 4.69) is 10.2 Å². The van der Waals surface area contributed by atoms with Gasteiger partial charge < -0.3 is 15.3 Å². The van der Waals surface area contributed by atoms with Gasteiger partial charge in [-0.2, -0.15) is 0 Å². The van der Waals surface area contributed by atoms with Crippen LogP contribution in [0.4, 0.5) is 0 Å². The molecule has 14 heavy (non-hydrogen) atoms. The van der Waals surface area contributed by atoms with Crippen LogP contribution in [-0.4, -0.2) is 21.3 Å². The van der Waals surface area contributed by atoms with Crippen molar-refractivity contribution in [3.63, 3.8) is 0 Å². The molecule has 1 fully saturated rings. The first-order valence-corrected chi connectivity index (χ1v) is 4.99. The van der Waals surface area contributed by atoms with Crippen molar-refractivity contribution in [3.8, 4) is 0 Å². The highest BCUT2D eigenvalue weighted by molar-refractivity contribution is 5.01. The summed E-state index contributed by atoms with van der Waals surface area (Å²) in [5.74, 6) is 1.31. The molecule has 0 saturated heterocycles. The van der Waals surface area contributed by atoms with E-state index in [9.17, 15) is 5.11 Å². The first kappa shape index (κ1) is 9.61. The van der Waals surface area contributed by atoms with Gasteiger partial charge in [0.25, 0.3) is 0 Å². The molecule has 0 aliphatic heterocycles. The summed E-state index contributed by atoms with van der Waals surface area (Å²) in [5.41, 5.74) is 5.67. The van der Waals surface area contributed by atoms with E-state index in [1.54, 1.807) is 0 Å². The summed E-state index contributed by atoms with van der Waals surface area (Å²) in [4.78, 5) is 0. The summed E-state index contributed by atoms with van der Waals surface area (Å²) >= 11 is 0. The van der Waals surface area contributed by atoms with Crippen LogP contribution in [0.25, 0.3) is 0 Å². The SMILES string of the molecule is CCC(N)[C@H](O)c1nnc(C2CC2)o1. The zero-order valence-electron chi connectivity index (χ0n) is 8.18. The quantitative estimate of drug-likeness (QED) is 0.742. The van der Waals surface area contributed by atoms with Gasteiger partial charge in [0.15, 0.2) is 0 Å². The van der Waals surface area contributed by atoms with E-state index in [0.717, 1.165) is 12.8 Å². The molecule has 1 aromatic rings. The van der Waals surface area contributed by atoms with Crippen molar-refractivity contribution < 1.29 is 9.52 Å². The number of aromatic nitrogens is 2. The lowest BCUT2D eigenvalue weighted by atomic mass is 10.1. The third-order valence-corrected chi connectivity index (χ3v) is 2.51. The Hall–Kier alpha value is -0.940. The first-order chi connectivity index (χ1) is 6.72. The lowest BCUT2D eigenvalue weighted by molar-refractivity contribution is 0.112. The average molecular weight is 197 g/mol. The molecule has 3 N–H and O–H groups in total. The van der Waals surface area contributed by atoms with Gasteiger partial charge in [-0.25, -0.2) is 0 Å². The summed E-state index contributed by atoms with van der Waals surface area (Å²) in [7, 11) is 0. The monoisotopic (exact) mass is 197 g/mol. The summed E-state index contributed by atoms with van der Waals surface area (Å²) in [5, 5.41) is 17.4. The van der Waals surface area contributed by atoms with Crippen LogP contribution in [0.1, 0.15) is 50.0 Å². The van der Waals surface area contributed by atoms with Gasteiger partial charge in [-0.1, -0.05) is 6.92 Å². The molecule has 0 bridgehead atoms. The summed E-state index contributed by atoms with van der Waals surface area (Å²) < 4.78 is 5.34. The van der Waals surface area contributed by atoms with Gasteiger partial charge in [0, 0.05) is 12.0 Å². The van der Waals surface area contributed by atoms with Crippen LogP contribution in [0, 0.1) is 0 Å². The molecule has 0 amide bonds. The molecule has 78 valence electrons. The van der Waals surface area contributed by atoms with Crippen LogP contribution in [0.15, 0.2) is 4.42 Å². The molecule has 2 rings (SSSR count). The Morgan fingerprint density at radius 2 is 2.29 bits per heavy atom. The normalized spacial score (nSPS) is 20.8. The molecule has 0 spiro atoms. The van der Waals surface area contributed by atoms with E-state index >= 15 is 0 Å². The molecule has 1 aliphatic rings. The van der Waals surface area contributed by atoms with E-state index in [1.807, 2.05) is 6.92 Å². The Bertz CT molecular complexity index is 309. The Kier molecular flexibility index (Phi) is 2.52. The van der Waals surface area contributed by atoms with Crippen molar-refractivity contribution in [3.05, 3.63) is 11.8 Å². The lowest BCUT2D eigenvalue weighted by Gasteiger charge is -2.12. The molecule has 1 aromatic heterocycles. The summed E-state index contributed by atoms with van der Waals surface area (Å²) in [6.45, 7) is 1.91. The van der Waals surface area contributed by atoms with Gasteiger partial charge in [-0.3, -0.25) is 0 Å². The Morgan fingerprint density at radius 3 is 2.86 bits per heavy atom. The molecular weight excluding hydrogens is 182 g/mol. The Labute approximate surface area is 82.3 Å². The molecule has 1 unspecified atom stereocenters. The van der Waals surface area contributed by atoms with Crippen molar-refractivity contribution in [1.82, 2.24) is 10.2 Å². The fourth-order valence-electron chi connectivity index (χ4n) is 1.27. The topological polar surface area (TPSA) is 85.2 Å². The second-order valence-corrected chi connectivity index (χ2v) is 3.77. The fourth-order valence-corrected chi connectivity index (χ4v) is 1.27. The van der Waals surface area contributed by atoms with Gasteiger partial charge in [-0.15, -0.1) is 10.2 Å². The van der Waals surface area contributed by atoms with Crippen LogP contribution in [-0.2, 0) is 0 Å².